The molecule has 0 spiro atoms. The lowest BCUT2D eigenvalue weighted by Crippen LogP contribution is -2.47. The first kappa shape index (κ1) is 28.3. The van der Waals surface area contributed by atoms with Crippen molar-refractivity contribution in [1.29, 1.82) is 0 Å². The number of hydrogen-bond acceptors (Lipinski definition) is 4. The van der Waals surface area contributed by atoms with E-state index in [0.29, 0.717) is 32.0 Å². The van der Waals surface area contributed by atoms with E-state index in [-0.39, 0.29) is 5.91 Å². The molecule has 5 nitrogen and oxygen atoms in total. The fraction of sp³-hybridized carbons (Fsp3) is 0.393. The fourth-order valence-electron chi connectivity index (χ4n) is 4.76. The van der Waals surface area contributed by atoms with E-state index < -0.39 is 39.2 Å². The average molecular weight is 565 g/mol. The van der Waals surface area contributed by atoms with E-state index in [4.69, 9.17) is 0 Å². The molecule has 4 rings (SSSR count). The van der Waals surface area contributed by atoms with Crippen molar-refractivity contribution in [2.75, 3.05) is 6.54 Å². The number of benzene rings is 2. The summed E-state index contributed by atoms with van der Waals surface area (Å²) in [5, 5.41) is 1.95. The summed E-state index contributed by atoms with van der Waals surface area (Å²) >= 11 is 1.53. The highest BCUT2D eigenvalue weighted by Crippen LogP contribution is 2.33. The maximum atomic E-state index is 13.8. The van der Waals surface area contributed by atoms with E-state index in [9.17, 15) is 26.4 Å². The van der Waals surface area contributed by atoms with E-state index in [1.165, 1.54) is 17.4 Å². The molecule has 204 valence electrons. The quantitative estimate of drug-likeness (QED) is 0.293. The number of thiophene rings is 1. The maximum Gasteiger partial charge on any atom is 0.416 e. The Labute approximate surface area is 225 Å². The Morgan fingerprint density at radius 3 is 2.32 bits per heavy atom. The highest BCUT2D eigenvalue weighted by atomic mass is 32.2. The molecule has 2 aromatic carbocycles. The van der Waals surface area contributed by atoms with E-state index in [1.807, 2.05) is 48.7 Å². The van der Waals surface area contributed by atoms with Crippen molar-refractivity contribution >= 4 is 27.3 Å². The molecule has 1 heterocycles. The van der Waals surface area contributed by atoms with Crippen LogP contribution in [0.4, 0.5) is 13.2 Å². The van der Waals surface area contributed by atoms with Gasteiger partial charge in [-0.25, -0.2) is 8.42 Å². The molecule has 1 saturated carbocycles. The van der Waals surface area contributed by atoms with Gasteiger partial charge in [0.05, 0.1) is 23.5 Å². The number of rotatable bonds is 9. The summed E-state index contributed by atoms with van der Waals surface area (Å²) in [6.45, 7) is 2.14. The molecule has 0 unspecified atom stereocenters. The average Bonchev–Trinajstić information content (AvgIpc) is 3.31. The molecule has 0 saturated heterocycles. The third kappa shape index (κ3) is 6.84. The molecule has 1 aromatic heterocycles. The Balaban J connectivity index is 1.67. The number of carbonyl (C=O) groups is 1. The van der Waals surface area contributed by atoms with E-state index >= 15 is 0 Å². The van der Waals surface area contributed by atoms with Gasteiger partial charge in [0, 0.05) is 17.5 Å². The summed E-state index contributed by atoms with van der Waals surface area (Å²) in [7, 11) is -4.37. The van der Waals surface area contributed by atoms with Crippen molar-refractivity contribution in [3.63, 3.8) is 0 Å². The van der Waals surface area contributed by atoms with Crippen LogP contribution in [0.5, 0.6) is 0 Å². The van der Waals surface area contributed by atoms with Gasteiger partial charge in [0.25, 0.3) is 0 Å². The Hall–Kier alpha value is -2.69. The van der Waals surface area contributed by atoms with Crippen LogP contribution in [-0.2, 0) is 34.1 Å². The van der Waals surface area contributed by atoms with Crippen LogP contribution >= 0.6 is 11.3 Å². The Kier molecular flexibility index (Phi) is 8.95. The van der Waals surface area contributed by atoms with Crippen molar-refractivity contribution in [2.45, 2.75) is 69.2 Å². The summed E-state index contributed by atoms with van der Waals surface area (Å²) in [4.78, 5) is 16.0. The van der Waals surface area contributed by atoms with Gasteiger partial charge in [0.15, 0.2) is 0 Å². The minimum Gasteiger partial charge on any atom is -0.332 e. The molecule has 0 radical (unpaired) electrons. The van der Waals surface area contributed by atoms with Crippen LogP contribution in [0.25, 0.3) is 0 Å². The number of nitrogens with zero attached hydrogens (tertiary/aromatic N) is 2. The Morgan fingerprint density at radius 2 is 1.68 bits per heavy atom. The molecular weight excluding hydrogens is 533 g/mol. The smallest absolute Gasteiger partial charge is 0.332 e. The van der Waals surface area contributed by atoms with E-state index in [0.717, 1.165) is 51.7 Å². The van der Waals surface area contributed by atoms with Gasteiger partial charge in [-0.05, 0) is 60.5 Å². The first-order chi connectivity index (χ1) is 18.1. The molecule has 1 aliphatic rings. The molecule has 0 atom stereocenters. The van der Waals surface area contributed by atoms with Crippen LogP contribution in [0.15, 0.2) is 70.9 Å². The van der Waals surface area contributed by atoms with Crippen molar-refractivity contribution in [3.8, 4) is 0 Å². The lowest BCUT2D eigenvalue weighted by Gasteiger charge is -2.34. The van der Waals surface area contributed by atoms with Gasteiger partial charge in [-0.15, -0.1) is 11.3 Å². The number of amides is 1. The van der Waals surface area contributed by atoms with Gasteiger partial charge >= 0.3 is 6.18 Å². The van der Waals surface area contributed by atoms with Crippen molar-refractivity contribution in [2.24, 2.45) is 0 Å². The van der Waals surface area contributed by atoms with Crippen molar-refractivity contribution in [3.05, 3.63) is 87.6 Å². The highest BCUT2D eigenvalue weighted by molar-refractivity contribution is 7.89. The minimum absolute atomic E-state index is 0.291. The van der Waals surface area contributed by atoms with Gasteiger partial charge in [0.2, 0.25) is 15.9 Å². The molecule has 10 heteroatoms. The zero-order chi connectivity index (χ0) is 27.3. The predicted molar refractivity (Wildman–Crippen MR) is 142 cm³/mol. The normalized spacial score (nSPS) is 15.1. The fourth-order valence-corrected chi connectivity index (χ4v) is 7.36. The number of halogens is 3. The lowest BCUT2D eigenvalue weighted by atomic mass is 9.95. The monoisotopic (exact) mass is 564 g/mol. The molecule has 1 amide bonds. The van der Waals surface area contributed by atoms with Gasteiger partial charge in [0.1, 0.15) is 0 Å². The van der Waals surface area contributed by atoms with Crippen molar-refractivity contribution < 1.29 is 26.4 Å². The lowest BCUT2D eigenvalue weighted by molar-refractivity contribution is -0.137. The second-order valence-corrected chi connectivity index (χ2v) is 12.5. The zero-order valence-electron chi connectivity index (χ0n) is 21.2. The van der Waals surface area contributed by atoms with Crippen LogP contribution in [0.2, 0.25) is 0 Å². The standard InChI is InChI=1S/C28H31F3N2O3S2/c1-21-15-16-37-26(21)19-32(18-22-9-4-2-5-10-22)27(34)20-33(24-12-6-3-7-13-24)38(35,36)25-14-8-11-23(17-25)28(29,30)31/h2,4-5,8-11,14-17,24H,3,6-7,12-13,18-20H2,1H3. The van der Waals surface area contributed by atoms with E-state index in [2.05, 4.69) is 0 Å². The minimum atomic E-state index is -4.68. The molecule has 3 aromatic rings. The van der Waals surface area contributed by atoms with Crippen LogP contribution in [-0.4, -0.2) is 36.1 Å². The van der Waals surface area contributed by atoms with Gasteiger partial charge in [-0.1, -0.05) is 55.7 Å². The molecule has 1 fully saturated rings. The van der Waals surface area contributed by atoms with Crippen LogP contribution < -0.4 is 0 Å². The first-order valence-corrected chi connectivity index (χ1v) is 14.9. The summed E-state index contributed by atoms with van der Waals surface area (Å²) < 4.78 is 68.9. The largest absolute Gasteiger partial charge is 0.416 e. The van der Waals surface area contributed by atoms with Crippen LogP contribution in [0, 0.1) is 6.92 Å². The van der Waals surface area contributed by atoms with Gasteiger partial charge < -0.3 is 4.90 Å². The molecule has 1 aliphatic carbocycles. The number of hydrogen-bond donors (Lipinski definition) is 0. The zero-order valence-corrected chi connectivity index (χ0v) is 22.8. The van der Waals surface area contributed by atoms with Gasteiger partial charge in [-0.2, -0.15) is 17.5 Å². The molecule has 0 bridgehead atoms. The topological polar surface area (TPSA) is 57.7 Å². The highest BCUT2D eigenvalue weighted by Gasteiger charge is 2.37. The molecule has 38 heavy (non-hydrogen) atoms. The second-order valence-electron chi connectivity index (χ2n) is 9.63. The first-order valence-electron chi connectivity index (χ1n) is 12.6. The van der Waals surface area contributed by atoms with E-state index in [1.54, 1.807) is 4.90 Å². The number of alkyl halides is 3. The van der Waals surface area contributed by atoms with Crippen LogP contribution in [0.1, 0.15) is 53.7 Å². The Bertz CT molecular complexity index is 1330. The number of carbonyl (C=O) groups excluding carboxylic acids is 1. The molecule has 0 N–H and O–H groups in total. The molecular formula is C28H31F3N2O3S2. The Morgan fingerprint density at radius 1 is 0.974 bits per heavy atom. The van der Waals surface area contributed by atoms with Crippen molar-refractivity contribution in [1.82, 2.24) is 9.21 Å². The third-order valence-corrected chi connectivity index (χ3v) is 9.81. The summed E-state index contributed by atoms with van der Waals surface area (Å²) in [5.41, 5.74) is 0.911. The third-order valence-electron chi connectivity index (χ3n) is 6.91. The maximum absolute atomic E-state index is 13.8. The van der Waals surface area contributed by atoms with Crippen LogP contribution in [0.3, 0.4) is 0 Å². The van der Waals surface area contributed by atoms with Gasteiger partial charge in [-0.3, -0.25) is 4.79 Å². The summed E-state index contributed by atoms with van der Waals surface area (Å²) in [5.74, 6) is -0.386. The molecule has 0 aliphatic heterocycles. The summed E-state index contributed by atoms with van der Waals surface area (Å²) in [6.07, 6.45) is -0.991. The predicted octanol–water partition coefficient (Wildman–Crippen LogP) is 6.63. The summed E-state index contributed by atoms with van der Waals surface area (Å²) in [6, 6.07) is 14.7. The second kappa shape index (κ2) is 12.0. The number of sulfonamides is 1. The number of aryl methyl sites for hydroxylation is 1. The SMILES string of the molecule is Cc1ccsc1CN(Cc1ccccc1)C(=O)CN(C1CCCCC1)S(=O)(=O)c1cccc(C(F)(F)F)c1.